The van der Waals surface area contributed by atoms with Crippen LogP contribution in [0.2, 0.25) is 0 Å². The van der Waals surface area contributed by atoms with Gasteiger partial charge in [-0.15, -0.1) is 0 Å². The summed E-state index contributed by atoms with van der Waals surface area (Å²) >= 11 is 0. The van der Waals surface area contributed by atoms with Gasteiger partial charge in [0.2, 0.25) is 5.89 Å². The number of carbonyl (C=O) groups excluding carboxylic acids is 1. The van der Waals surface area contributed by atoms with E-state index in [1.54, 1.807) is 0 Å². The third kappa shape index (κ3) is 4.36. The van der Waals surface area contributed by atoms with Crippen molar-refractivity contribution in [3.63, 3.8) is 0 Å². The van der Waals surface area contributed by atoms with Gasteiger partial charge in [0.25, 0.3) is 5.91 Å². The van der Waals surface area contributed by atoms with Crippen molar-refractivity contribution in [2.45, 2.75) is 45.9 Å². The molecule has 2 atom stereocenters. The van der Waals surface area contributed by atoms with Gasteiger partial charge >= 0.3 is 0 Å². The number of hydrogen-bond donors (Lipinski definition) is 1. The topological polar surface area (TPSA) is 80.5 Å². The number of nitrogens with zero attached hydrogens (tertiary/aromatic N) is 3. The molecule has 1 amide bonds. The molecule has 1 aromatic heterocycles. The molecular formula is C18H24N4O3. The molecule has 7 nitrogen and oxygen atoms in total. The molecule has 0 unspecified atom stereocenters. The van der Waals surface area contributed by atoms with Gasteiger partial charge < -0.3 is 19.5 Å². The molecule has 0 bridgehead atoms. The molecule has 7 heteroatoms. The van der Waals surface area contributed by atoms with Gasteiger partial charge in [-0.3, -0.25) is 4.79 Å². The standard InChI is InChI=1S/C18H24N4O3/c1-4-16-20-17(25-21-16)9-19-15-7-5-14(6-8-15)18(23)22-10-12(2)24-13(3)11-22/h5-8,12-13,19H,4,9-11H2,1-3H3/t12-,13-/m1/s1. The minimum atomic E-state index is 0.0399. The normalized spacial score (nSPS) is 20.5. The summed E-state index contributed by atoms with van der Waals surface area (Å²) in [5.74, 6) is 1.29. The summed E-state index contributed by atoms with van der Waals surface area (Å²) in [5.41, 5.74) is 1.58. The van der Waals surface area contributed by atoms with Crippen molar-refractivity contribution in [3.05, 3.63) is 41.5 Å². The average molecular weight is 344 g/mol. The van der Waals surface area contributed by atoms with Gasteiger partial charge in [-0.05, 0) is 38.1 Å². The second-order valence-corrected chi connectivity index (χ2v) is 6.36. The van der Waals surface area contributed by atoms with Crippen molar-refractivity contribution in [3.8, 4) is 0 Å². The molecule has 2 aromatic rings. The van der Waals surface area contributed by atoms with Gasteiger partial charge in [0.05, 0.1) is 18.8 Å². The Balaban J connectivity index is 1.58. The maximum absolute atomic E-state index is 12.6. The van der Waals surface area contributed by atoms with Crippen LogP contribution in [0.5, 0.6) is 0 Å². The van der Waals surface area contributed by atoms with Crippen molar-refractivity contribution < 1.29 is 14.1 Å². The third-order valence-electron chi connectivity index (χ3n) is 4.11. The van der Waals surface area contributed by atoms with Gasteiger partial charge in [-0.2, -0.15) is 4.98 Å². The molecule has 0 spiro atoms. The number of amides is 1. The monoisotopic (exact) mass is 344 g/mol. The molecule has 1 aliphatic rings. The number of rotatable bonds is 5. The molecule has 25 heavy (non-hydrogen) atoms. The smallest absolute Gasteiger partial charge is 0.254 e. The summed E-state index contributed by atoms with van der Waals surface area (Å²) in [6, 6.07) is 7.44. The lowest BCUT2D eigenvalue weighted by molar-refractivity contribution is -0.0586. The van der Waals surface area contributed by atoms with Crippen LogP contribution in [0, 0.1) is 0 Å². The Morgan fingerprint density at radius 2 is 1.92 bits per heavy atom. The van der Waals surface area contributed by atoms with Crippen molar-refractivity contribution in [2.24, 2.45) is 0 Å². The Bertz CT molecular complexity index is 703. The fraction of sp³-hybridized carbons (Fsp3) is 0.500. The second-order valence-electron chi connectivity index (χ2n) is 6.36. The fourth-order valence-electron chi connectivity index (χ4n) is 2.94. The highest BCUT2D eigenvalue weighted by Gasteiger charge is 2.26. The highest BCUT2D eigenvalue weighted by atomic mass is 16.5. The summed E-state index contributed by atoms with van der Waals surface area (Å²) in [6.07, 6.45) is 0.881. The van der Waals surface area contributed by atoms with E-state index in [9.17, 15) is 4.79 Å². The maximum Gasteiger partial charge on any atom is 0.254 e. The largest absolute Gasteiger partial charge is 0.376 e. The average Bonchev–Trinajstić information content (AvgIpc) is 3.07. The van der Waals surface area contributed by atoms with Crippen LogP contribution in [0.4, 0.5) is 5.69 Å². The Hall–Kier alpha value is -2.41. The number of nitrogens with one attached hydrogen (secondary N) is 1. The van der Waals surface area contributed by atoms with E-state index in [-0.39, 0.29) is 18.1 Å². The van der Waals surface area contributed by atoms with Crippen LogP contribution in [-0.2, 0) is 17.7 Å². The van der Waals surface area contributed by atoms with Crippen LogP contribution in [0.25, 0.3) is 0 Å². The minimum absolute atomic E-state index is 0.0399. The zero-order chi connectivity index (χ0) is 17.8. The van der Waals surface area contributed by atoms with E-state index in [4.69, 9.17) is 9.26 Å². The number of ether oxygens (including phenoxy) is 1. The number of hydrogen-bond acceptors (Lipinski definition) is 6. The SMILES string of the molecule is CCc1noc(CNc2ccc(C(=O)N3C[C@@H](C)O[C@H](C)C3)cc2)n1. The summed E-state index contributed by atoms with van der Waals surface area (Å²) in [6.45, 7) is 7.67. The number of morpholine rings is 1. The highest BCUT2D eigenvalue weighted by molar-refractivity contribution is 5.94. The van der Waals surface area contributed by atoms with E-state index in [0.717, 1.165) is 12.1 Å². The number of aromatic nitrogens is 2. The van der Waals surface area contributed by atoms with Crippen LogP contribution in [0.1, 0.15) is 42.8 Å². The molecule has 1 fully saturated rings. The molecule has 2 heterocycles. The predicted octanol–water partition coefficient (Wildman–Crippen LogP) is 2.49. The molecule has 0 saturated carbocycles. The van der Waals surface area contributed by atoms with E-state index in [0.29, 0.717) is 36.9 Å². The quantitative estimate of drug-likeness (QED) is 0.897. The molecule has 3 rings (SSSR count). The third-order valence-corrected chi connectivity index (χ3v) is 4.11. The van der Waals surface area contributed by atoms with Crippen molar-refractivity contribution in [1.82, 2.24) is 15.0 Å². The number of aryl methyl sites for hydroxylation is 1. The molecule has 0 aliphatic carbocycles. The van der Waals surface area contributed by atoms with Gasteiger partial charge in [0.1, 0.15) is 0 Å². The van der Waals surface area contributed by atoms with E-state index >= 15 is 0 Å². The van der Waals surface area contributed by atoms with Crippen LogP contribution in [-0.4, -0.2) is 46.2 Å². The number of anilines is 1. The second kappa shape index (κ2) is 7.65. The molecule has 134 valence electrons. The van der Waals surface area contributed by atoms with Gasteiger partial charge in [-0.25, -0.2) is 0 Å². The summed E-state index contributed by atoms with van der Waals surface area (Å²) in [4.78, 5) is 18.7. The Labute approximate surface area is 147 Å². The zero-order valence-electron chi connectivity index (χ0n) is 14.9. The first-order valence-corrected chi connectivity index (χ1v) is 8.65. The van der Waals surface area contributed by atoms with E-state index in [2.05, 4.69) is 15.5 Å². The molecule has 1 N–H and O–H groups in total. The Morgan fingerprint density at radius 1 is 1.24 bits per heavy atom. The van der Waals surface area contributed by atoms with Crippen LogP contribution >= 0.6 is 0 Å². The first-order valence-electron chi connectivity index (χ1n) is 8.65. The first-order chi connectivity index (χ1) is 12.0. The van der Waals surface area contributed by atoms with Crippen molar-refractivity contribution >= 4 is 11.6 Å². The van der Waals surface area contributed by atoms with Gasteiger partial charge in [0.15, 0.2) is 5.82 Å². The van der Waals surface area contributed by atoms with Gasteiger partial charge in [-0.1, -0.05) is 12.1 Å². The number of benzene rings is 1. The summed E-state index contributed by atoms with van der Waals surface area (Å²) in [7, 11) is 0. The van der Waals surface area contributed by atoms with E-state index in [1.807, 2.05) is 49.9 Å². The fourth-order valence-corrected chi connectivity index (χ4v) is 2.94. The van der Waals surface area contributed by atoms with Crippen LogP contribution < -0.4 is 5.32 Å². The van der Waals surface area contributed by atoms with Crippen LogP contribution in [0.3, 0.4) is 0 Å². The lowest BCUT2D eigenvalue weighted by Crippen LogP contribution is -2.48. The lowest BCUT2D eigenvalue weighted by Gasteiger charge is -2.35. The minimum Gasteiger partial charge on any atom is -0.376 e. The zero-order valence-corrected chi connectivity index (χ0v) is 14.9. The van der Waals surface area contributed by atoms with Gasteiger partial charge in [0, 0.05) is 30.8 Å². The molecule has 1 aromatic carbocycles. The maximum atomic E-state index is 12.6. The summed E-state index contributed by atoms with van der Waals surface area (Å²) < 4.78 is 10.8. The van der Waals surface area contributed by atoms with E-state index < -0.39 is 0 Å². The predicted molar refractivity (Wildman–Crippen MR) is 93.4 cm³/mol. The van der Waals surface area contributed by atoms with E-state index in [1.165, 1.54) is 0 Å². The molecular weight excluding hydrogens is 320 g/mol. The molecule has 0 radical (unpaired) electrons. The summed E-state index contributed by atoms with van der Waals surface area (Å²) in [5, 5.41) is 7.08. The highest BCUT2D eigenvalue weighted by Crippen LogP contribution is 2.16. The van der Waals surface area contributed by atoms with Crippen LogP contribution in [0.15, 0.2) is 28.8 Å². The number of carbonyl (C=O) groups is 1. The Morgan fingerprint density at radius 3 is 2.52 bits per heavy atom. The van der Waals surface area contributed by atoms with Crippen molar-refractivity contribution in [2.75, 3.05) is 18.4 Å². The lowest BCUT2D eigenvalue weighted by atomic mass is 10.1. The molecule has 1 aliphatic heterocycles. The molecule has 1 saturated heterocycles. The first kappa shape index (κ1) is 17.4. The van der Waals surface area contributed by atoms with Crippen molar-refractivity contribution in [1.29, 1.82) is 0 Å². The Kier molecular flexibility index (Phi) is 5.33.